The maximum absolute atomic E-state index is 10.3. The number of phenolic OH excluding ortho intramolecular Hbond substituents is 1. The molecule has 0 aliphatic carbocycles. The Morgan fingerprint density at radius 2 is 2.11 bits per heavy atom. The van der Waals surface area contributed by atoms with E-state index >= 15 is 0 Å². The van der Waals surface area contributed by atoms with Crippen LogP contribution < -0.4 is 14.8 Å². The molecule has 2 heterocycles. The molecule has 1 atom stereocenters. The summed E-state index contributed by atoms with van der Waals surface area (Å²) in [6.45, 7) is 2.07. The van der Waals surface area contributed by atoms with Gasteiger partial charge in [-0.2, -0.15) is 0 Å². The Labute approximate surface area is 114 Å². The van der Waals surface area contributed by atoms with Gasteiger partial charge >= 0.3 is 0 Å². The molecule has 4 nitrogen and oxygen atoms in total. The number of fused-ring (bicyclic) bond motifs is 1. The number of ether oxygens (including phenoxy) is 2. The Morgan fingerprint density at radius 3 is 2.89 bits per heavy atom. The minimum absolute atomic E-state index is 0.145. The Bertz CT molecular complexity index is 458. The summed E-state index contributed by atoms with van der Waals surface area (Å²) in [5.41, 5.74) is 0.832. The first-order valence-electron chi connectivity index (χ1n) is 6.31. The third-order valence-corrected chi connectivity index (χ3v) is 4.06. The van der Waals surface area contributed by atoms with Gasteiger partial charge in [-0.25, -0.2) is 0 Å². The minimum Gasteiger partial charge on any atom is -0.506 e. The largest absolute Gasteiger partial charge is 0.506 e. The summed E-state index contributed by atoms with van der Waals surface area (Å²) in [6, 6.07) is 1.92. The third kappa shape index (κ3) is 2.06. The predicted octanol–water partition coefficient (Wildman–Crippen LogP) is 2.74. The molecule has 0 saturated carbocycles. The summed E-state index contributed by atoms with van der Waals surface area (Å²) in [7, 11) is 0. The van der Waals surface area contributed by atoms with E-state index in [0.717, 1.165) is 18.5 Å². The molecule has 3 rings (SSSR count). The van der Waals surface area contributed by atoms with Crippen LogP contribution in [0.2, 0.25) is 0 Å². The van der Waals surface area contributed by atoms with Crippen LogP contribution in [0.1, 0.15) is 30.9 Å². The predicted molar refractivity (Wildman–Crippen MR) is 71.4 cm³/mol. The van der Waals surface area contributed by atoms with Crippen molar-refractivity contribution < 1.29 is 14.6 Å². The van der Waals surface area contributed by atoms with Crippen molar-refractivity contribution in [2.24, 2.45) is 0 Å². The van der Waals surface area contributed by atoms with Crippen molar-refractivity contribution in [1.82, 2.24) is 5.32 Å². The van der Waals surface area contributed by atoms with Gasteiger partial charge in [0.2, 0.25) is 0 Å². The first kappa shape index (κ1) is 12.1. The van der Waals surface area contributed by atoms with Gasteiger partial charge in [-0.05, 0) is 35.3 Å². The smallest absolute Gasteiger partial charge is 0.169 e. The van der Waals surface area contributed by atoms with Crippen LogP contribution in [0.15, 0.2) is 10.5 Å². The number of phenols is 1. The zero-order chi connectivity index (χ0) is 12.5. The molecule has 1 saturated heterocycles. The highest BCUT2D eigenvalue weighted by Crippen LogP contribution is 2.47. The standard InChI is InChI=1S/C13H16BrNO3/c14-8-7-10-13(18-6-5-17-10)11(12(8)16)9-3-1-2-4-15-9/h7,9,15-16H,1-6H2. The van der Waals surface area contributed by atoms with Gasteiger partial charge in [-0.3, -0.25) is 0 Å². The Morgan fingerprint density at radius 1 is 1.28 bits per heavy atom. The lowest BCUT2D eigenvalue weighted by atomic mass is 9.95. The van der Waals surface area contributed by atoms with Crippen LogP contribution >= 0.6 is 15.9 Å². The molecule has 1 fully saturated rings. The molecule has 5 heteroatoms. The van der Waals surface area contributed by atoms with Crippen LogP contribution in [0.3, 0.4) is 0 Å². The first-order chi connectivity index (χ1) is 8.77. The maximum atomic E-state index is 10.3. The second-order valence-electron chi connectivity index (χ2n) is 4.65. The summed E-state index contributed by atoms with van der Waals surface area (Å²) in [6.07, 6.45) is 3.36. The zero-order valence-electron chi connectivity index (χ0n) is 10.0. The number of hydrogen-bond donors (Lipinski definition) is 2. The first-order valence-corrected chi connectivity index (χ1v) is 7.11. The van der Waals surface area contributed by atoms with Gasteiger partial charge in [-0.15, -0.1) is 0 Å². The second kappa shape index (κ2) is 4.97. The topological polar surface area (TPSA) is 50.7 Å². The van der Waals surface area contributed by atoms with E-state index in [-0.39, 0.29) is 11.8 Å². The summed E-state index contributed by atoms with van der Waals surface area (Å²) in [5, 5.41) is 13.7. The third-order valence-electron chi connectivity index (χ3n) is 3.45. The summed E-state index contributed by atoms with van der Waals surface area (Å²) in [5.74, 6) is 1.67. The van der Waals surface area contributed by atoms with E-state index in [0.29, 0.717) is 29.2 Å². The number of rotatable bonds is 1. The van der Waals surface area contributed by atoms with E-state index in [9.17, 15) is 5.11 Å². The molecule has 18 heavy (non-hydrogen) atoms. The SMILES string of the molecule is Oc1c(Br)cc2c(c1C1CCCCN1)OCCO2. The molecular weight excluding hydrogens is 298 g/mol. The van der Waals surface area contributed by atoms with E-state index in [1.165, 1.54) is 12.8 Å². The van der Waals surface area contributed by atoms with Gasteiger partial charge in [0.15, 0.2) is 11.5 Å². The molecule has 98 valence electrons. The van der Waals surface area contributed by atoms with Crippen LogP contribution in [0.4, 0.5) is 0 Å². The van der Waals surface area contributed by atoms with E-state index in [1.54, 1.807) is 6.07 Å². The molecule has 0 spiro atoms. The molecule has 2 aliphatic rings. The Kier molecular flexibility index (Phi) is 3.35. The van der Waals surface area contributed by atoms with E-state index in [1.807, 2.05) is 0 Å². The highest BCUT2D eigenvalue weighted by molar-refractivity contribution is 9.10. The summed E-state index contributed by atoms with van der Waals surface area (Å²) < 4.78 is 12.0. The average molecular weight is 314 g/mol. The average Bonchev–Trinajstić information content (AvgIpc) is 2.41. The number of piperidine rings is 1. The maximum Gasteiger partial charge on any atom is 0.169 e. The molecule has 0 radical (unpaired) electrons. The van der Waals surface area contributed by atoms with Crippen LogP contribution in [0, 0.1) is 0 Å². The number of aromatic hydroxyl groups is 1. The number of halogens is 1. The fourth-order valence-electron chi connectivity index (χ4n) is 2.59. The molecule has 2 aliphatic heterocycles. The highest BCUT2D eigenvalue weighted by atomic mass is 79.9. The monoisotopic (exact) mass is 313 g/mol. The van der Waals surface area contributed by atoms with E-state index in [4.69, 9.17) is 9.47 Å². The van der Waals surface area contributed by atoms with Gasteiger partial charge < -0.3 is 19.9 Å². The highest BCUT2D eigenvalue weighted by Gasteiger charge is 2.28. The summed E-state index contributed by atoms with van der Waals surface area (Å²) in [4.78, 5) is 0. The molecule has 1 aromatic carbocycles. The van der Waals surface area contributed by atoms with Crippen molar-refractivity contribution in [2.75, 3.05) is 19.8 Å². The zero-order valence-corrected chi connectivity index (χ0v) is 11.6. The molecule has 0 aromatic heterocycles. The van der Waals surface area contributed by atoms with Crippen molar-refractivity contribution >= 4 is 15.9 Å². The molecule has 0 bridgehead atoms. The van der Waals surface area contributed by atoms with E-state index < -0.39 is 0 Å². The number of hydrogen-bond acceptors (Lipinski definition) is 4. The minimum atomic E-state index is 0.145. The van der Waals surface area contributed by atoms with Crippen molar-refractivity contribution in [3.8, 4) is 17.2 Å². The van der Waals surface area contributed by atoms with Crippen LogP contribution in [-0.2, 0) is 0 Å². The second-order valence-corrected chi connectivity index (χ2v) is 5.50. The lowest BCUT2D eigenvalue weighted by Crippen LogP contribution is -2.28. The molecule has 2 N–H and O–H groups in total. The quantitative estimate of drug-likeness (QED) is 0.837. The fraction of sp³-hybridized carbons (Fsp3) is 0.538. The lowest BCUT2D eigenvalue weighted by Gasteiger charge is -2.29. The van der Waals surface area contributed by atoms with Gasteiger partial charge in [0.1, 0.15) is 19.0 Å². The van der Waals surface area contributed by atoms with Crippen molar-refractivity contribution in [3.63, 3.8) is 0 Å². The van der Waals surface area contributed by atoms with Gasteiger partial charge in [-0.1, -0.05) is 6.42 Å². The molecule has 1 unspecified atom stereocenters. The van der Waals surface area contributed by atoms with Crippen molar-refractivity contribution in [3.05, 3.63) is 16.1 Å². The van der Waals surface area contributed by atoms with Crippen LogP contribution in [0.25, 0.3) is 0 Å². The number of benzene rings is 1. The molecule has 0 amide bonds. The van der Waals surface area contributed by atoms with Crippen LogP contribution in [-0.4, -0.2) is 24.9 Å². The van der Waals surface area contributed by atoms with E-state index in [2.05, 4.69) is 21.2 Å². The fourth-order valence-corrected chi connectivity index (χ4v) is 3.01. The van der Waals surface area contributed by atoms with Gasteiger partial charge in [0.05, 0.1) is 10.0 Å². The Hall–Kier alpha value is -0.940. The molecule has 1 aromatic rings. The number of nitrogens with one attached hydrogen (secondary N) is 1. The van der Waals surface area contributed by atoms with Crippen molar-refractivity contribution in [2.45, 2.75) is 25.3 Å². The van der Waals surface area contributed by atoms with Gasteiger partial charge in [0.25, 0.3) is 0 Å². The van der Waals surface area contributed by atoms with Crippen molar-refractivity contribution in [1.29, 1.82) is 0 Å². The summed E-state index contributed by atoms with van der Waals surface area (Å²) >= 11 is 3.38. The van der Waals surface area contributed by atoms with Gasteiger partial charge in [0, 0.05) is 12.1 Å². The van der Waals surface area contributed by atoms with Crippen LogP contribution in [0.5, 0.6) is 17.2 Å². The lowest BCUT2D eigenvalue weighted by molar-refractivity contribution is 0.166. The normalized spacial score (nSPS) is 22.8. The molecular formula is C13H16BrNO3. The Balaban J connectivity index is 2.07.